The maximum Gasteiger partial charge on any atom is 0.265 e. The summed E-state index contributed by atoms with van der Waals surface area (Å²) in [5, 5.41) is 0. The molecule has 0 atom stereocenters. The molecule has 0 aliphatic carbocycles. The molecule has 0 aliphatic heterocycles. The molecule has 0 saturated heterocycles. The second kappa shape index (κ2) is 5.21. The molecule has 100 valence electrons. The molecule has 0 aliphatic rings. The zero-order valence-corrected chi connectivity index (χ0v) is 12.9. The second-order valence-electron chi connectivity index (χ2n) is 4.93. The van der Waals surface area contributed by atoms with Crippen LogP contribution >= 0.6 is 15.9 Å². The lowest BCUT2D eigenvalue weighted by atomic mass is 10.00. The highest BCUT2D eigenvalue weighted by molar-refractivity contribution is 9.10. The van der Waals surface area contributed by atoms with Gasteiger partial charge in [0, 0.05) is 11.9 Å². The lowest BCUT2D eigenvalue weighted by Crippen LogP contribution is -2.22. The third-order valence-electron chi connectivity index (χ3n) is 3.23. The molecule has 4 heteroatoms. The Kier molecular flexibility index (Phi) is 3.80. The van der Waals surface area contributed by atoms with Gasteiger partial charge in [-0.1, -0.05) is 17.7 Å². The number of nitrogens with zero attached hydrogens (tertiary/aromatic N) is 1. The number of pyridine rings is 1. The number of aromatic nitrogens is 1. The average molecular weight is 321 g/mol. The Labute approximate surface area is 121 Å². The van der Waals surface area contributed by atoms with E-state index < -0.39 is 0 Å². The quantitative estimate of drug-likeness (QED) is 0.923. The Balaban J connectivity index is 2.51. The topological polar surface area (TPSA) is 48.0 Å². The highest BCUT2D eigenvalue weighted by Gasteiger charge is 2.08. The number of nitrogens with two attached hydrogens (primary N) is 1. The van der Waals surface area contributed by atoms with Crippen molar-refractivity contribution in [1.29, 1.82) is 0 Å². The minimum atomic E-state index is -0.0615. The van der Waals surface area contributed by atoms with Crippen LogP contribution in [0.4, 0.5) is 5.69 Å². The van der Waals surface area contributed by atoms with Crippen LogP contribution in [-0.4, -0.2) is 4.57 Å². The molecular weight excluding hydrogens is 304 g/mol. The monoisotopic (exact) mass is 320 g/mol. The molecule has 0 radical (unpaired) electrons. The molecule has 2 aromatic rings. The molecule has 2 rings (SSSR count). The van der Waals surface area contributed by atoms with Gasteiger partial charge in [0.2, 0.25) is 0 Å². The summed E-state index contributed by atoms with van der Waals surface area (Å²) in [5.41, 5.74) is 11.1. The van der Waals surface area contributed by atoms with Gasteiger partial charge in [0.15, 0.2) is 0 Å². The van der Waals surface area contributed by atoms with E-state index in [0.29, 0.717) is 16.7 Å². The van der Waals surface area contributed by atoms with Gasteiger partial charge in [0.1, 0.15) is 0 Å². The minimum Gasteiger partial charge on any atom is -0.398 e. The SMILES string of the molecule is Cc1cc(C)c(Cn2cc(N)cc(Br)c2=O)c(C)c1. The molecule has 1 aromatic carbocycles. The van der Waals surface area contributed by atoms with Gasteiger partial charge in [-0.2, -0.15) is 0 Å². The van der Waals surface area contributed by atoms with Gasteiger partial charge < -0.3 is 10.3 Å². The standard InChI is InChI=1S/C15H17BrN2O/c1-9-4-10(2)13(11(3)5-9)8-18-7-12(17)6-14(16)15(18)19/h4-7H,8,17H2,1-3H3. The first kappa shape index (κ1) is 13.9. The normalized spacial score (nSPS) is 10.7. The third-order valence-corrected chi connectivity index (χ3v) is 3.80. The molecule has 0 fully saturated rings. The summed E-state index contributed by atoms with van der Waals surface area (Å²) in [4.78, 5) is 12.1. The minimum absolute atomic E-state index is 0.0615. The zero-order valence-electron chi connectivity index (χ0n) is 11.3. The van der Waals surface area contributed by atoms with E-state index in [-0.39, 0.29) is 5.56 Å². The van der Waals surface area contributed by atoms with Crippen molar-refractivity contribution in [3.8, 4) is 0 Å². The van der Waals surface area contributed by atoms with Crippen LogP contribution in [-0.2, 0) is 6.54 Å². The Morgan fingerprint density at radius 3 is 2.32 bits per heavy atom. The Morgan fingerprint density at radius 1 is 1.16 bits per heavy atom. The van der Waals surface area contributed by atoms with Crippen LogP contribution in [0.25, 0.3) is 0 Å². The van der Waals surface area contributed by atoms with Crippen molar-refractivity contribution >= 4 is 21.6 Å². The highest BCUT2D eigenvalue weighted by atomic mass is 79.9. The lowest BCUT2D eigenvalue weighted by Gasteiger charge is -2.14. The Hall–Kier alpha value is -1.55. The first-order valence-electron chi connectivity index (χ1n) is 6.10. The van der Waals surface area contributed by atoms with Gasteiger partial charge in [0.05, 0.1) is 11.0 Å². The lowest BCUT2D eigenvalue weighted by molar-refractivity contribution is 0.748. The number of halogens is 1. The number of rotatable bonds is 2. The van der Waals surface area contributed by atoms with Gasteiger partial charge >= 0.3 is 0 Å². The Morgan fingerprint density at radius 2 is 1.74 bits per heavy atom. The predicted octanol–water partition coefficient (Wildman–Crippen LogP) is 3.17. The fourth-order valence-corrected chi connectivity index (χ4v) is 2.86. The van der Waals surface area contributed by atoms with E-state index >= 15 is 0 Å². The molecule has 0 unspecified atom stereocenters. The van der Waals surface area contributed by atoms with Crippen LogP contribution in [0.15, 0.2) is 33.7 Å². The van der Waals surface area contributed by atoms with Crippen LogP contribution in [0, 0.1) is 20.8 Å². The molecule has 0 bridgehead atoms. The largest absolute Gasteiger partial charge is 0.398 e. The fourth-order valence-electron chi connectivity index (χ4n) is 2.37. The van der Waals surface area contributed by atoms with Gasteiger partial charge in [-0.25, -0.2) is 0 Å². The second-order valence-corrected chi connectivity index (χ2v) is 5.79. The van der Waals surface area contributed by atoms with Crippen LogP contribution in [0.1, 0.15) is 22.3 Å². The molecular formula is C15H17BrN2O. The molecule has 1 aromatic heterocycles. The summed E-state index contributed by atoms with van der Waals surface area (Å²) in [6.45, 7) is 6.76. The average Bonchev–Trinajstić information content (AvgIpc) is 2.29. The van der Waals surface area contributed by atoms with Crippen LogP contribution in [0.5, 0.6) is 0 Å². The first-order valence-corrected chi connectivity index (χ1v) is 6.90. The summed E-state index contributed by atoms with van der Waals surface area (Å²) in [7, 11) is 0. The van der Waals surface area contributed by atoms with Crippen molar-refractivity contribution in [3.05, 3.63) is 61.5 Å². The maximum atomic E-state index is 12.1. The molecule has 3 nitrogen and oxygen atoms in total. The van der Waals surface area contributed by atoms with E-state index in [4.69, 9.17) is 5.73 Å². The molecule has 0 amide bonds. The van der Waals surface area contributed by atoms with Crippen molar-refractivity contribution in [2.75, 3.05) is 5.73 Å². The van der Waals surface area contributed by atoms with Gasteiger partial charge in [-0.15, -0.1) is 0 Å². The molecule has 1 heterocycles. The smallest absolute Gasteiger partial charge is 0.265 e. The van der Waals surface area contributed by atoms with Crippen LogP contribution in [0.2, 0.25) is 0 Å². The van der Waals surface area contributed by atoms with Crippen molar-refractivity contribution in [3.63, 3.8) is 0 Å². The van der Waals surface area contributed by atoms with E-state index in [9.17, 15) is 4.79 Å². The van der Waals surface area contributed by atoms with E-state index in [1.807, 2.05) is 0 Å². The number of aryl methyl sites for hydroxylation is 3. The summed E-state index contributed by atoms with van der Waals surface area (Å²) < 4.78 is 2.14. The van der Waals surface area contributed by atoms with E-state index in [2.05, 4.69) is 48.8 Å². The van der Waals surface area contributed by atoms with Gasteiger partial charge in [-0.3, -0.25) is 4.79 Å². The summed E-state index contributed by atoms with van der Waals surface area (Å²) in [5.74, 6) is 0. The fraction of sp³-hybridized carbons (Fsp3) is 0.267. The van der Waals surface area contributed by atoms with E-state index in [0.717, 1.165) is 0 Å². The molecule has 0 spiro atoms. The first-order chi connectivity index (χ1) is 8.88. The molecule has 0 saturated carbocycles. The van der Waals surface area contributed by atoms with E-state index in [1.54, 1.807) is 16.8 Å². The van der Waals surface area contributed by atoms with Crippen LogP contribution < -0.4 is 11.3 Å². The van der Waals surface area contributed by atoms with Crippen molar-refractivity contribution in [2.45, 2.75) is 27.3 Å². The summed E-state index contributed by atoms with van der Waals surface area (Å²) in [6, 6.07) is 5.90. The number of anilines is 1. The highest BCUT2D eigenvalue weighted by Crippen LogP contribution is 2.18. The third kappa shape index (κ3) is 2.89. The predicted molar refractivity (Wildman–Crippen MR) is 82.6 cm³/mol. The number of hydrogen-bond acceptors (Lipinski definition) is 2. The number of benzene rings is 1. The molecule has 2 N–H and O–H groups in total. The number of nitrogen functional groups attached to an aromatic ring is 1. The van der Waals surface area contributed by atoms with E-state index in [1.165, 1.54) is 22.3 Å². The van der Waals surface area contributed by atoms with Gasteiger partial charge in [-0.05, 0) is 59.5 Å². The maximum absolute atomic E-state index is 12.1. The van der Waals surface area contributed by atoms with Crippen molar-refractivity contribution in [2.24, 2.45) is 0 Å². The summed E-state index contributed by atoms with van der Waals surface area (Å²) >= 11 is 3.25. The van der Waals surface area contributed by atoms with Crippen LogP contribution in [0.3, 0.4) is 0 Å². The summed E-state index contributed by atoms with van der Waals surface area (Å²) in [6.07, 6.45) is 1.69. The van der Waals surface area contributed by atoms with Crippen molar-refractivity contribution in [1.82, 2.24) is 4.57 Å². The Bertz CT molecular complexity index is 666. The van der Waals surface area contributed by atoms with Crippen molar-refractivity contribution < 1.29 is 0 Å². The number of hydrogen-bond donors (Lipinski definition) is 1. The zero-order chi connectivity index (χ0) is 14.2. The molecule has 19 heavy (non-hydrogen) atoms. The van der Waals surface area contributed by atoms with Gasteiger partial charge in [0.25, 0.3) is 5.56 Å².